The topological polar surface area (TPSA) is 84.8 Å². The fourth-order valence-electron chi connectivity index (χ4n) is 3.56. The zero-order chi connectivity index (χ0) is 29.4. The number of hydrogen-bond acceptors (Lipinski definition) is 7. The van der Waals surface area contributed by atoms with Gasteiger partial charge in [-0.3, -0.25) is 4.79 Å². The number of aromatic nitrogens is 1. The summed E-state index contributed by atoms with van der Waals surface area (Å²) in [6, 6.07) is 15.8. The Morgan fingerprint density at radius 1 is 1.15 bits per heavy atom. The van der Waals surface area contributed by atoms with Gasteiger partial charge < -0.3 is 14.8 Å². The fourth-order valence-corrected chi connectivity index (χ4v) is 5.26. The molecule has 2 N–H and O–H groups in total. The molecule has 0 bridgehead atoms. The highest BCUT2D eigenvalue weighted by Gasteiger charge is 2.30. The molecule has 0 saturated carbocycles. The maximum absolute atomic E-state index is 12.9. The third-order valence-corrected chi connectivity index (χ3v) is 7.38. The van der Waals surface area contributed by atoms with Crippen molar-refractivity contribution in [2.24, 2.45) is 5.10 Å². The number of amides is 1. The van der Waals surface area contributed by atoms with Crippen molar-refractivity contribution in [3.63, 3.8) is 0 Å². The van der Waals surface area contributed by atoms with E-state index in [1.165, 1.54) is 29.7 Å². The highest BCUT2D eigenvalue weighted by atomic mass is 127. The van der Waals surface area contributed by atoms with Crippen LogP contribution in [0.2, 0.25) is 5.02 Å². The molecule has 4 rings (SSSR count). The molecule has 0 spiro atoms. The molecular weight excluding hydrogens is 692 g/mol. The van der Waals surface area contributed by atoms with E-state index in [1.54, 1.807) is 17.5 Å². The predicted molar refractivity (Wildman–Crippen MR) is 162 cm³/mol. The van der Waals surface area contributed by atoms with E-state index in [4.69, 9.17) is 21.1 Å². The molecule has 0 unspecified atom stereocenters. The van der Waals surface area contributed by atoms with Crippen molar-refractivity contribution >= 4 is 68.5 Å². The van der Waals surface area contributed by atoms with Gasteiger partial charge in [-0.2, -0.15) is 18.3 Å². The van der Waals surface area contributed by atoms with E-state index in [-0.39, 0.29) is 18.7 Å². The summed E-state index contributed by atoms with van der Waals surface area (Å²) in [6.45, 7) is 2.56. The van der Waals surface area contributed by atoms with E-state index >= 15 is 0 Å². The number of rotatable bonds is 11. The smallest absolute Gasteiger partial charge is 0.416 e. The molecule has 13 heteroatoms. The van der Waals surface area contributed by atoms with E-state index in [1.807, 2.05) is 31.2 Å². The first-order valence-electron chi connectivity index (χ1n) is 12.2. The summed E-state index contributed by atoms with van der Waals surface area (Å²) in [5.74, 6) is 0.700. The van der Waals surface area contributed by atoms with E-state index in [0.29, 0.717) is 39.5 Å². The average molecular weight is 715 g/mol. The Morgan fingerprint density at radius 2 is 1.95 bits per heavy atom. The summed E-state index contributed by atoms with van der Waals surface area (Å²) in [7, 11) is 0. The molecular formula is C28H23ClF3IN4O3S. The number of carbonyl (C=O) groups is 1. The first-order valence-corrected chi connectivity index (χ1v) is 14.5. The standard InChI is InChI=1S/C28H23ClF3IN4O3S/c1-2-39-24-11-17(10-23(33)26(24)40-15-18-6-3-4-9-22(18)29)14-34-37-25(38)13-21-16-41-27(36-21)35-20-8-5-7-19(12-20)28(30,31)32/h3-12,14,16H,2,13,15H2,1H3,(H,35,36)(H,37,38)/b34-14-. The third kappa shape index (κ3) is 8.81. The number of thiazole rings is 1. The first-order chi connectivity index (χ1) is 19.6. The molecule has 214 valence electrons. The minimum atomic E-state index is -4.44. The van der Waals surface area contributed by atoms with Crippen LogP contribution in [0.1, 0.15) is 29.3 Å². The van der Waals surface area contributed by atoms with Crippen LogP contribution in [-0.4, -0.2) is 23.7 Å². The van der Waals surface area contributed by atoms with Crippen LogP contribution < -0.4 is 20.2 Å². The molecule has 0 saturated heterocycles. The van der Waals surface area contributed by atoms with E-state index in [9.17, 15) is 18.0 Å². The molecule has 0 aliphatic rings. The number of anilines is 2. The normalized spacial score (nSPS) is 11.5. The van der Waals surface area contributed by atoms with Crippen LogP contribution >= 0.6 is 45.5 Å². The monoisotopic (exact) mass is 714 g/mol. The molecule has 7 nitrogen and oxygen atoms in total. The number of alkyl halides is 3. The molecule has 0 aliphatic carbocycles. The van der Waals surface area contributed by atoms with Gasteiger partial charge in [0, 0.05) is 21.7 Å². The van der Waals surface area contributed by atoms with Gasteiger partial charge in [-0.25, -0.2) is 10.4 Å². The summed E-state index contributed by atoms with van der Waals surface area (Å²) >= 11 is 9.56. The van der Waals surface area contributed by atoms with Gasteiger partial charge in [0.2, 0.25) is 5.91 Å². The highest BCUT2D eigenvalue weighted by Crippen LogP contribution is 2.35. The van der Waals surface area contributed by atoms with Gasteiger partial charge in [-0.15, -0.1) is 11.3 Å². The molecule has 3 aromatic carbocycles. The Morgan fingerprint density at radius 3 is 2.71 bits per heavy atom. The second-order valence-electron chi connectivity index (χ2n) is 8.46. The molecule has 1 amide bonds. The molecule has 0 fully saturated rings. The van der Waals surface area contributed by atoms with Gasteiger partial charge in [0.1, 0.15) is 6.61 Å². The number of ether oxygens (including phenoxy) is 2. The first kappa shape index (κ1) is 30.6. The van der Waals surface area contributed by atoms with Crippen LogP contribution in [-0.2, 0) is 24.0 Å². The Kier molecular flexibility index (Phi) is 10.5. The number of nitrogens with one attached hydrogen (secondary N) is 2. The van der Waals surface area contributed by atoms with Gasteiger partial charge >= 0.3 is 6.18 Å². The van der Waals surface area contributed by atoms with Crippen LogP contribution in [0.15, 0.2) is 71.1 Å². The highest BCUT2D eigenvalue weighted by molar-refractivity contribution is 14.1. The summed E-state index contributed by atoms with van der Waals surface area (Å²) in [5, 5.41) is 9.50. The molecule has 0 aliphatic heterocycles. The predicted octanol–water partition coefficient (Wildman–Crippen LogP) is 7.83. The zero-order valence-corrected chi connectivity index (χ0v) is 25.2. The lowest BCUT2D eigenvalue weighted by atomic mass is 10.2. The summed E-state index contributed by atoms with van der Waals surface area (Å²) in [5.41, 5.74) is 3.92. The molecule has 0 atom stereocenters. The lowest BCUT2D eigenvalue weighted by Crippen LogP contribution is -2.20. The summed E-state index contributed by atoms with van der Waals surface area (Å²) in [6.07, 6.45) is -3.02. The molecule has 4 aromatic rings. The van der Waals surface area contributed by atoms with Crippen LogP contribution in [0.4, 0.5) is 24.0 Å². The average Bonchev–Trinajstić information content (AvgIpc) is 3.35. The van der Waals surface area contributed by atoms with E-state index in [0.717, 1.165) is 21.3 Å². The van der Waals surface area contributed by atoms with Gasteiger partial charge in [-0.1, -0.05) is 35.9 Å². The second kappa shape index (κ2) is 14.0. The Labute approximate surface area is 256 Å². The minimum absolute atomic E-state index is 0.0608. The quantitative estimate of drug-likeness (QED) is 0.0940. The summed E-state index contributed by atoms with van der Waals surface area (Å²) in [4.78, 5) is 16.7. The van der Waals surface area contributed by atoms with Gasteiger partial charge in [0.25, 0.3) is 0 Å². The van der Waals surface area contributed by atoms with Crippen molar-refractivity contribution in [2.45, 2.75) is 26.1 Å². The molecule has 0 radical (unpaired) electrons. The van der Waals surface area contributed by atoms with Crippen LogP contribution in [0, 0.1) is 3.57 Å². The number of carbonyl (C=O) groups excluding carboxylic acids is 1. The van der Waals surface area contributed by atoms with E-state index < -0.39 is 17.6 Å². The molecule has 1 aromatic heterocycles. The second-order valence-corrected chi connectivity index (χ2v) is 10.9. The number of nitrogens with zero attached hydrogens (tertiary/aromatic N) is 2. The fraction of sp³-hybridized carbons (Fsp3) is 0.179. The maximum Gasteiger partial charge on any atom is 0.416 e. The van der Waals surface area contributed by atoms with Gasteiger partial charge in [0.05, 0.1) is 34.1 Å². The maximum atomic E-state index is 12.9. The lowest BCUT2D eigenvalue weighted by Gasteiger charge is -2.15. The van der Waals surface area contributed by atoms with Crippen LogP contribution in [0.25, 0.3) is 0 Å². The molecule has 1 heterocycles. The number of hydrazone groups is 1. The van der Waals surface area contributed by atoms with Crippen molar-refractivity contribution in [2.75, 3.05) is 11.9 Å². The van der Waals surface area contributed by atoms with Crippen molar-refractivity contribution in [1.82, 2.24) is 10.4 Å². The number of benzene rings is 3. The largest absolute Gasteiger partial charge is 0.490 e. The lowest BCUT2D eigenvalue weighted by molar-refractivity contribution is -0.137. The van der Waals surface area contributed by atoms with Gasteiger partial charge in [-0.05, 0) is 71.5 Å². The Bertz CT molecular complexity index is 1550. The molecule has 41 heavy (non-hydrogen) atoms. The Balaban J connectivity index is 1.34. The van der Waals surface area contributed by atoms with Crippen molar-refractivity contribution < 1.29 is 27.4 Å². The van der Waals surface area contributed by atoms with Gasteiger partial charge in [0.15, 0.2) is 16.6 Å². The number of hydrogen-bond donors (Lipinski definition) is 2. The minimum Gasteiger partial charge on any atom is -0.490 e. The van der Waals surface area contributed by atoms with Crippen LogP contribution in [0.3, 0.4) is 0 Å². The third-order valence-electron chi connectivity index (χ3n) is 5.40. The van der Waals surface area contributed by atoms with E-state index in [2.05, 4.69) is 43.4 Å². The SMILES string of the molecule is CCOc1cc(/C=N\NC(=O)Cc2csc(Nc3cccc(C(F)(F)F)c3)n2)cc(I)c1OCc1ccccc1Cl. The number of halogens is 5. The summed E-state index contributed by atoms with van der Waals surface area (Å²) < 4.78 is 51.4. The van der Waals surface area contributed by atoms with Crippen molar-refractivity contribution in [1.29, 1.82) is 0 Å². The zero-order valence-electron chi connectivity index (χ0n) is 21.5. The van der Waals surface area contributed by atoms with Crippen LogP contribution in [0.5, 0.6) is 11.5 Å². The van der Waals surface area contributed by atoms with Crippen molar-refractivity contribution in [3.8, 4) is 11.5 Å². The Hall–Kier alpha value is -3.36. The van der Waals surface area contributed by atoms with Crippen molar-refractivity contribution in [3.05, 3.63) is 97.0 Å².